The minimum absolute atomic E-state index is 0.480. The van der Waals surface area contributed by atoms with Crippen LogP contribution >= 0.6 is 0 Å². The molecule has 0 unspecified atom stereocenters. The molecule has 120 valence electrons. The van der Waals surface area contributed by atoms with Crippen molar-refractivity contribution >= 4 is 28.0 Å². The molecule has 5 nitrogen and oxygen atoms in total. The molecule has 0 amide bonds. The fourth-order valence-electron chi connectivity index (χ4n) is 3.26. The SMILES string of the molecule is Nc1nc2ccccc2n1-c1cccc(-n2cnc3ccccc32)c1. The molecular formula is C20H15N5. The summed E-state index contributed by atoms with van der Waals surface area (Å²) in [7, 11) is 0. The second kappa shape index (κ2) is 5.21. The third-order valence-electron chi connectivity index (χ3n) is 4.41. The summed E-state index contributed by atoms with van der Waals surface area (Å²) >= 11 is 0. The standard InChI is InChI=1S/C20H15N5/c21-20-23-17-9-2-4-11-19(17)25(20)15-7-5-6-14(12-15)24-13-22-16-8-1-3-10-18(16)24/h1-13H,(H2,21,23). The van der Waals surface area contributed by atoms with E-state index in [0.717, 1.165) is 33.4 Å². The van der Waals surface area contributed by atoms with Crippen molar-refractivity contribution in [1.29, 1.82) is 0 Å². The molecular weight excluding hydrogens is 310 g/mol. The molecule has 0 bridgehead atoms. The normalized spacial score (nSPS) is 11.4. The Labute approximate surface area is 144 Å². The van der Waals surface area contributed by atoms with Gasteiger partial charge < -0.3 is 5.73 Å². The Morgan fingerprint density at radius 2 is 1.44 bits per heavy atom. The number of nitrogens with two attached hydrogens (primary N) is 1. The molecule has 0 fully saturated rings. The monoisotopic (exact) mass is 325 g/mol. The number of fused-ring (bicyclic) bond motifs is 2. The number of aromatic nitrogens is 4. The Morgan fingerprint density at radius 1 is 0.720 bits per heavy atom. The maximum absolute atomic E-state index is 6.18. The molecule has 2 aromatic heterocycles. The molecule has 0 spiro atoms. The van der Waals surface area contributed by atoms with Crippen LogP contribution in [0.3, 0.4) is 0 Å². The van der Waals surface area contributed by atoms with E-state index in [2.05, 4.69) is 32.7 Å². The molecule has 5 rings (SSSR count). The summed E-state index contributed by atoms with van der Waals surface area (Å²) in [6.07, 6.45) is 1.85. The molecule has 25 heavy (non-hydrogen) atoms. The maximum Gasteiger partial charge on any atom is 0.205 e. The van der Waals surface area contributed by atoms with Crippen LogP contribution in [0.5, 0.6) is 0 Å². The molecule has 0 saturated carbocycles. The predicted octanol–water partition coefficient (Wildman–Crippen LogP) is 3.95. The van der Waals surface area contributed by atoms with Gasteiger partial charge in [-0.15, -0.1) is 0 Å². The molecule has 5 heteroatoms. The van der Waals surface area contributed by atoms with Gasteiger partial charge >= 0.3 is 0 Å². The Morgan fingerprint density at radius 3 is 2.32 bits per heavy atom. The molecule has 3 aromatic carbocycles. The van der Waals surface area contributed by atoms with E-state index < -0.39 is 0 Å². The van der Waals surface area contributed by atoms with Gasteiger partial charge in [0.1, 0.15) is 6.33 Å². The minimum atomic E-state index is 0.480. The van der Waals surface area contributed by atoms with Crippen LogP contribution in [-0.2, 0) is 0 Å². The van der Waals surface area contributed by atoms with Crippen molar-refractivity contribution in [2.75, 3.05) is 5.73 Å². The van der Waals surface area contributed by atoms with Crippen LogP contribution in [0, 0.1) is 0 Å². The number of rotatable bonds is 2. The first-order valence-corrected chi connectivity index (χ1v) is 8.07. The van der Waals surface area contributed by atoms with E-state index in [4.69, 9.17) is 5.73 Å². The van der Waals surface area contributed by atoms with Crippen molar-refractivity contribution in [3.05, 3.63) is 79.1 Å². The number of benzene rings is 3. The highest BCUT2D eigenvalue weighted by Crippen LogP contribution is 2.25. The summed E-state index contributed by atoms with van der Waals surface area (Å²) in [6, 6.07) is 24.3. The highest BCUT2D eigenvalue weighted by Gasteiger charge is 2.11. The zero-order chi connectivity index (χ0) is 16.8. The number of hydrogen-bond donors (Lipinski definition) is 1. The largest absolute Gasteiger partial charge is 0.369 e. The zero-order valence-corrected chi connectivity index (χ0v) is 13.4. The molecule has 0 radical (unpaired) electrons. The summed E-state index contributed by atoms with van der Waals surface area (Å²) < 4.78 is 4.05. The Bertz CT molecular complexity index is 1220. The van der Waals surface area contributed by atoms with Crippen LogP contribution in [0.15, 0.2) is 79.1 Å². The first-order chi connectivity index (χ1) is 12.3. The summed E-state index contributed by atoms with van der Waals surface area (Å²) in [6.45, 7) is 0. The molecule has 2 N–H and O–H groups in total. The van der Waals surface area contributed by atoms with Crippen LogP contribution in [0.1, 0.15) is 0 Å². The van der Waals surface area contributed by atoms with Gasteiger partial charge in [-0.2, -0.15) is 0 Å². The van der Waals surface area contributed by atoms with E-state index in [0.29, 0.717) is 5.95 Å². The van der Waals surface area contributed by atoms with Crippen molar-refractivity contribution < 1.29 is 0 Å². The zero-order valence-electron chi connectivity index (χ0n) is 13.4. The fourth-order valence-corrected chi connectivity index (χ4v) is 3.26. The average Bonchev–Trinajstić information content (AvgIpc) is 3.22. The topological polar surface area (TPSA) is 61.7 Å². The molecule has 5 aromatic rings. The van der Waals surface area contributed by atoms with Gasteiger partial charge in [-0.05, 0) is 42.5 Å². The number of hydrogen-bond acceptors (Lipinski definition) is 3. The predicted molar refractivity (Wildman–Crippen MR) is 100 cm³/mol. The quantitative estimate of drug-likeness (QED) is 0.534. The lowest BCUT2D eigenvalue weighted by Crippen LogP contribution is -2.02. The first kappa shape index (κ1) is 13.8. The van der Waals surface area contributed by atoms with Crippen molar-refractivity contribution in [1.82, 2.24) is 19.1 Å². The van der Waals surface area contributed by atoms with E-state index in [-0.39, 0.29) is 0 Å². The summed E-state index contributed by atoms with van der Waals surface area (Å²) in [4.78, 5) is 8.93. The highest BCUT2D eigenvalue weighted by molar-refractivity contribution is 5.81. The first-order valence-electron chi connectivity index (χ1n) is 8.07. The van der Waals surface area contributed by atoms with Crippen LogP contribution in [-0.4, -0.2) is 19.1 Å². The molecule has 0 atom stereocenters. The van der Waals surface area contributed by atoms with Crippen molar-refractivity contribution in [3.63, 3.8) is 0 Å². The second-order valence-corrected chi connectivity index (χ2v) is 5.92. The van der Waals surface area contributed by atoms with E-state index in [1.807, 2.05) is 65.5 Å². The van der Waals surface area contributed by atoms with Gasteiger partial charge in [0.05, 0.1) is 27.8 Å². The van der Waals surface area contributed by atoms with Gasteiger partial charge in [-0.1, -0.05) is 30.3 Å². The number of nitrogens with zero attached hydrogens (tertiary/aromatic N) is 4. The maximum atomic E-state index is 6.18. The van der Waals surface area contributed by atoms with Gasteiger partial charge in [0, 0.05) is 5.69 Å². The van der Waals surface area contributed by atoms with Gasteiger partial charge in [0.15, 0.2) is 0 Å². The Kier molecular flexibility index (Phi) is 2.87. The lowest BCUT2D eigenvalue weighted by Gasteiger charge is -2.10. The van der Waals surface area contributed by atoms with E-state index in [9.17, 15) is 0 Å². The highest BCUT2D eigenvalue weighted by atomic mass is 15.2. The van der Waals surface area contributed by atoms with E-state index >= 15 is 0 Å². The van der Waals surface area contributed by atoms with Crippen molar-refractivity contribution in [2.24, 2.45) is 0 Å². The lowest BCUT2D eigenvalue weighted by molar-refractivity contribution is 1.06. The Balaban J connectivity index is 1.72. The smallest absolute Gasteiger partial charge is 0.205 e. The summed E-state index contributed by atoms with van der Waals surface area (Å²) in [5.41, 5.74) is 12.1. The second-order valence-electron chi connectivity index (χ2n) is 5.92. The van der Waals surface area contributed by atoms with Gasteiger partial charge in [0.25, 0.3) is 0 Å². The molecule has 0 aliphatic rings. The van der Waals surface area contributed by atoms with Gasteiger partial charge in [0.2, 0.25) is 5.95 Å². The van der Waals surface area contributed by atoms with Crippen molar-refractivity contribution in [2.45, 2.75) is 0 Å². The Hall–Kier alpha value is -3.60. The van der Waals surface area contributed by atoms with E-state index in [1.54, 1.807) is 0 Å². The average molecular weight is 325 g/mol. The van der Waals surface area contributed by atoms with Crippen molar-refractivity contribution in [3.8, 4) is 11.4 Å². The molecule has 0 aliphatic heterocycles. The summed E-state index contributed by atoms with van der Waals surface area (Å²) in [5, 5.41) is 0. The van der Waals surface area contributed by atoms with Crippen LogP contribution in [0.25, 0.3) is 33.4 Å². The lowest BCUT2D eigenvalue weighted by atomic mass is 10.2. The minimum Gasteiger partial charge on any atom is -0.369 e. The number of nitrogen functional groups attached to an aromatic ring is 1. The third kappa shape index (κ3) is 2.10. The molecule has 0 aliphatic carbocycles. The van der Waals surface area contributed by atoms with E-state index in [1.165, 1.54) is 0 Å². The van der Waals surface area contributed by atoms with Crippen LogP contribution < -0.4 is 5.73 Å². The molecule has 2 heterocycles. The number of anilines is 1. The number of para-hydroxylation sites is 4. The molecule has 0 saturated heterocycles. The third-order valence-corrected chi connectivity index (χ3v) is 4.41. The van der Waals surface area contributed by atoms with Gasteiger partial charge in [-0.3, -0.25) is 9.13 Å². The fraction of sp³-hybridized carbons (Fsp3) is 0. The number of imidazole rings is 2. The van der Waals surface area contributed by atoms with Crippen LogP contribution in [0.2, 0.25) is 0 Å². The van der Waals surface area contributed by atoms with Gasteiger partial charge in [-0.25, -0.2) is 9.97 Å². The summed E-state index contributed by atoms with van der Waals surface area (Å²) in [5.74, 6) is 0.480. The van der Waals surface area contributed by atoms with Crippen LogP contribution in [0.4, 0.5) is 5.95 Å².